The molecule has 4 nitrogen and oxygen atoms in total. The molecule has 2 aliphatic rings. The van der Waals surface area contributed by atoms with Crippen LogP contribution in [0.15, 0.2) is 24.3 Å². The van der Waals surface area contributed by atoms with E-state index in [9.17, 15) is 9.18 Å². The molecule has 1 unspecified atom stereocenters. The van der Waals surface area contributed by atoms with Crippen LogP contribution in [0.4, 0.5) is 14.9 Å². The van der Waals surface area contributed by atoms with Gasteiger partial charge in [0.1, 0.15) is 5.82 Å². The summed E-state index contributed by atoms with van der Waals surface area (Å²) < 4.78 is 13.1. The average molecular weight is 291 g/mol. The monoisotopic (exact) mass is 291 g/mol. The second-order valence-corrected chi connectivity index (χ2v) is 5.97. The second kappa shape index (κ2) is 6.43. The van der Waals surface area contributed by atoms with Crippen molar-refractivity contribution in [3.63, 3.8) is 0 Å². The first-order chi connectivity index (χ1) is 10.2. The lowest BCUT2D eigenvalue weighted by molar-refractivity contribution is 0.170. The van der Waals surface area contributed by atoms with E-state index in [-0.39, 0.29) is 11.8 Å². The lowest BCUT2D eigenvalue weighted by atomic mass is 9.89. The number of anilines is 1. The van der Waals surface area contributed by atoms with Crippen LogP contribution in [0.25, 0.3) is 0 Å². The van der Waals surface area contributed by atoms with Gasteiger partial charge in [-0.15, -0.1) is 0 Å². The summed E-state index contributed by atoms with van der Waals surface area (Å²) in [5, 5.41) is 6.32. The summed E-state index contributed by atoms with van der Waals surface area (Å²) in [6, 6.07) is 6.53. The normalized spacial score (nSPS) is 23.3. The number of nitrogens with one attached hydrogen (secondary N) is 2. The van der Waals surface area contributed by atoms with Gasteiger partial charge in [-0.25, -0.2) is 9.18 Å². The number of urea groups is 1. The zero-order valence-corrected chi connectivity index (χ0v) is 12.1. The molecule has 2 amide bonds. The third-order valence-corrected chi connectivity index (χ3v) is 4.57. The smallest absolute Gasteiger partial charge is 0.321 e. The van der Waals surface area contributed by atoms with E-state index in [1.807, 2.05) is 4.90 Å². The Hall–Kier alpha value is -1.62. The summed E-state index contributed by atoms with van der Waals surface area (Å²) in [5.74, 6) is 0.351. The van der Waals surface area contributed by atoms with E-state index in [0.717, 1.165) is 32.5 Å². The molecule has 0 aliphatic carbocycles. The van der Waals surface area contributed by atoms with Crippen molar-refractivity contribution < 1.29 is 9.18 Å². The minimum Gasteiger partial charge on any atom is -0.325 e. The summed E-state index contributed by atoms with van der Waals surface area (Å²) in [6.45, 7) is 2.69. The standard InChI is InChI=1S/C16H22FN3O/c17-13-3-1-4-14(11-13)19-16(21)20-9-6-12(7-10-20)15-5-2-8-18-15/h1,3-4,11-12,15,18H,2,5-10H2,(H,19,21). The van der Waals surface area contributed by atoms with Crippen molar-refractivity contribution in [2.24, 2.45) is 5.92 Å². The van der Waals surface area contributed by atoms with Crippen LogP contribution < -0.4 is 10.6 Å². The van der Waals surface area contributed by atoms with E-state index in [0.29, 0.717) is 17.6 Å². The molecule has 0 radical (unpaired) electrons. The number of carbonyl (C=O) groups is 1. The summed E-state index contributed by atoms with van der Waals surface area (Å²) >= 11 is 0. The summed E-state index contributed by atoms with van der Waals surface area (Å²) in [4.78, 5) is 14.0. The van der Waals surface area contributed by atoms with Crippen molar-refractivity contribution in [3.8, 4) is 0 Å². The second-order valence-electron chi connectivity index (χ2n) is 5.97. The molecule has 21 heavy (non-hydrogen) atoms. The maximum atomic E-state index is 13.1. The molecular formula is C16H22FN3O. The maximum absolute atomic E-state index is 13.1. The van der Waals surface area contributed by atoms with Crippen LogP contribution in [0.1, 0.15) is 25.7 Å². The maximum Gasteiger partial charge on any atom is 0.321 e. The van der Waals surface area contributed by atoms with Gasteiger partial charge < -0.3 is 15.5 Å². The van der Waals surface area contributed by atoms with Gasteiger partial charge in [-0.3, -0.25) is 0 Å². The molecule has 2 aliphatic heterocycles. The SMILES string of the molecule is O=C(Nc1cccc(F)c1)N1CCC(C2CCCN2)CC1. The number of hydrogen-bond donors (Lipinski definition) is 2. The van der Waals surface area contributed by atoms with Crippen molar-refractivity contribution in [3.05, 3.63) is 30.1 Å². The molecule has 2 fully saturated rings. The topological polar surface area (TPSA) is 44.4 Å². The van der Waals surface area contributed by atoms with Gasteiger partial charge in [0.05, 0.1) is 0 Å². The van der Waals surface area contributed by atoms with E-state index in [2.05, 4.69) is 10.6 Å². The molecule has 2 heterocycles. The molecule has 0 spiro atoms. The van der Waals surface area contributed by atoms with E-state index >= 15 is 0 Å². The van der Waals surface area contributed by atoms with Crippen LogP contribution >= 0.6 is 0 Å². The molecule has 114 valence electrons. The molecule has 2 N–H and O–H groups in total. The largest absolute Gasteiger partial charge is 0.325 e. The number of hydrogen-bond acceptors (Lipinski definition) is 2. The lowest BCUT2D eigenvalue weighted by Crippen LogP contribution is -2.44. The van der Waals surface area contributed by atoms with E-state index in [1.54, 1.807) is 12.1 Å². The van der Waals surface area contributed by atoms with Gasteiger partial charge in [0.15, 0.2) is 0 Å². The Bertz CT molecular complexity index is 494. The summed E-state index contributed by atoms with van der Waals surface area (Å²) in [7, 11) is 0. The van der Waals surface area contributed by atoms with Crippen molar-refractivity contribution in [1.82, 2.24) is 10.2 Å². The molecule has 0 aromatic heterocycles. The predicted molar refractivity (Wildman–Crippen MR) is 80.7 cm³/mol. The molecular weight excluding hydrogens is 269 g/mol. The van der Waals surface area contributed by atoms with Crippen molar-refractivity contribution >= 4 is 11.7 Å². The van der Waals surface area contributed by atoms with Gasteiger partial charge in [-0.05, 0) is 56.3 Å². The minimum absolute atomic E-state index is 0.126. The number of likely N-dealkylation sites (tertiary alicyclic amines) is 1. The van der Waals surface area contributed by atoms with Crippen LogP contribution in [-0.4, -0.2) is 36.6 Å². The first-order valence-electron chi connectivity index (χ1n) is 7.77. The highest BCUT2D eigenvalue weighted by Gasteiger charge is 2.29. The number of halogens is 1. The van der Waals surface area contributed by atoms with Crippen LogP contribution in [0, 0.1) is 11.7 Å². The fourth-order valence-corrected chi connectivity index (χ4v) is 3.39. The number of benzene rings is 1. The van der Waals surface area contributed by atoms with Crippen molar-refractivity contribution in [2.45, 2.75) is 31.7 Å². The molecule has 0 bridgehead atoms. The summed E-state index contributed by atoms with van der Waals surface area (Å²) in [6.07, 6.45) is 4.63. The number of piperidine rings is 1. The summed E-state index contributed by atoms with van der Waals surface area (Å²) in [5.41, 5.74) is 0.514. The molecule has 2 saturated heterocycles. The van der Waals surface area contributed by atoms with Crippen molar-refractivity contribution in [2.75, 3.05) is 25.0 Å². The molecule has 1 aromatic rings. The third-order valence-electron chi connectivity index (χ3n) is 4.57. The highest BCUT2D eigenvalue weighted by Crippen LogP contribution is 2.26. The van der Waals surface area contributed by atoms with Gasteiger partial charge in [0.25, 0.3) is 0 Å². The van der Waals surface area contributed by atoms with Crippen LogP contribution in [0.2, 0.25) is 0 Å². The van der Waals surface area contributed by atoms with Crippen LogP contribution in [-0.2, 0) is 0 Å². The van der Waals surface area contributed by atoms with Gasteiger partial charge >= 0.3 is 6.03 Å². The average Bonchev–Trinajstić information content (AvgIpc) is 3.01. The lowest BCUT2D eigenvalue weighted by Gasteiger charge is -2.34. The number of rotatable bonds is 2. The molecule has 5 heteroatoms. The van der Waals surface area contributed by atoms with Crippen molar-refractivity contribution in [1.29, 1.82) is 0 Å². The van der Waals surface area contributed by atoms with Crippen LogP contribution in [0.3, 0.4) is 0 Å². The highest BCUT2D eigenvalue weighted by molar-refractivity contribution is 5.89. The molecule has 1 atom stereocenters. The Morgan fingerprint density at radius 1 is 1.29 bits per heavy atom. The van der Waals surface area contributed by atoms with Gasteiger partial charge in [0, 0.05) is 24.8 Å². The van der Waals surface area contributed by atoms with E-state index in [4.69, 9.17) is 0 Å². The predicted octanol–water partition coefficient (Wildman–Crippen LogP) is 2.82. The third kappa shape index (κ3) is 3.53. The fraction of sp³-hybridized carbons (Fsp3) is 0.562. The highest BCUT2D eigenvalue weighted by atomic mass is 19.1. The molecule has 1 aromatic carbocycles. The van der Waals surface area contributed by atoms with Gasteiger partial charge in [-0.2, -0.15) is 0 Å². The Kier molecular flexibility index (Phi) is 4.39. The quantitative estimate of drug-likeness (QED) is 0.880. The number of amides is 2. The van der Waals surface area contributed by atoms with E-state index < -0.39 is 0 Å². The van der Waals surface area contributed by atoms with Crippen LogP contribution in [0.5, 0.6) is 0 Å². The zero-order valence-electron chi connectivity index (χ0n) is 12.1. The minimum atomic E-state index is -0.334. The number of carbonyl (C=O) groups excluding carboxylic acids is 1. The Morgan fingerprint density at radius 3 is 2.76 bits per heavy atom. The van der Waals surface area contributed by atoms with E-state index in [1.165, 1.54) is 25.0 Å². The first-order valence-corrected chi connectivity index (χ1v) is 7.77. The Balaban J connectivity index is 1.50. The zero-order chi connectivity index (χ0) is 14.7. The Labute approximate surface area is 124 Å². The number of nitrogens with zero attached hydrogens (tertiary/aromatic N) is 1. The fourth-order valence-electron chi connectivity index (χ4n) is 3.39. The van der Waals surface area contributed by atoms with Gasteiger partial charge in [0.2, 0.25) is 0 Å². The molecule has 3 rings (SSSR count). The first kappa shape index (κ1) is 14.3. The Morgan fingerprint density at radius 2 is 2.10 bits per heavy atom. The molecule has 0 saturated carbocycles. The van der Waals surface area contributed by atoms with Gasteiger partial charge in [-0.1, -0.05) is 6.07 Å².